The van der Waals surface area contributed by atoms with E-state index in [2.05, 4.69) is 0 Å². The third-order valence-corrected chi connectivity index (χ3v) is 2.54. The van der Waals surface area contributed by atoms with Crippen molar-refractivity contribution >= 4 is 28.7 Å². The molecule has 0 aromatic heterocycles. The summed E-state index contributed by atoms with van der Waals surface area (Å²) in [6.45, 7) is 0.0464. The Kier molecular flexibility index (Phi) is 3.06. The van der Waals surface area contributed by atoms with E-state index in [0.717, 1.165) is 11.0 Å². The molecule has 0 fully saturated rings. The number of fused-ring (bicyclic) bond motifs is 1. The van der Waals surface area contributed by atoms with Crippen molar-refractivity contribution in [2.45, 2.75) is 0 Å². The van der Waals surface area contributed by atoms with Crippen molar-refractivity contribution in [3.05, 3.63) is 47.5 Å². The summed E-state index contributed by atoms with van der Waals surface area (Å²) in [5.41, 5.74) is 0.784. The first-order valence-electron chi connectivity index (χ1n) is 4.92. The van der Waals surface area contributed by atoms with E-state index < -0.39 is 5.24 Å². The van der Waals surface area contributed by atoms with Gasteiger partial charge in [0.25, 0.3) is 11.8 Å². The molecule has 0 spiro atoms. The van der Waals surface area contributed by atoms with Crippen LogP contribution in [0.3, 0.4) is 0 Å². The van der Waals surface area contributed by atoms with Crippen LogP contribution in [0.25, 0.3) is 0 Å². The molecule has 0 N–H and O–H groups in total. The fourth-order valence-corrected chi connectivity index (χ4v) is 1.74. The Labute approximate surface area is 102 Å². The number of nitrogens with zero attached hydrogens (tertiary/aromatic N) is 1. The third-order valence-electron chi connectivity index (χ3n) is 2.42. The molecule has 2 amide bonds. The predicted molar refractivity (Wildman–Crippen MR) is 61.8 cm³/mol. The number of rotatable bonds is 3. The van der Waals surface area contributed by atoms with E-state index in [1.54, 1.807) is 24.3 Å². The van der Waals surface area contributed by atoms with Gasteiger partial charge in [-0.3, -0.25) is 19.3 Å². The highest BCUT2D eigenvalue weighted by Gasteiger charge is 2.33. The van der Waals surface area contributed by atoms with E-state index in [4.69, 9.17) is 11.6 Å². The maximum Gasteiger partial charge on any atom is 0.261 e. The Morgan fingerprint density at radius 3 is 2.18 bits per heavy atom. The van der Waals surface area contributed by atoms with Crippen LogP contribution in [0.2, 0.25) is 0 Å². The maximum atomic E-state index is 11.8. The average molecular weight is 250 g/mol. The molecule has 17 heavy (non-hydrogen) atoms. The summed E-state index contributed by atoms with van der Waals surface area (Å²) in [5.74, 6) is -0.699. The van der Waals surface area contributed by atoms with Gasteiger partial charge >= 0.3 is 0 Å². The zero-order valence-corrected chi connectivity index (χ0v) is 9.48. The Morgan fingerprint density at radius 2 is 1.71 bits per heavy atom. The second kappa shape index (κ2) is 4.51. The lowest BCUT2D eigenvalue weighted by molar-refractivity contribution is -0.107. The molecule has 5 heteroatoms. The van der Waals surface area contributed by atoms with Gasteiger partial charge in [-0.2, -0.15) is 0 Å². The lowest BCUT2D eigenvalue weighted by Crippen LogP contribution is -2.29. The van der Waals surface area contributed by atoms with Gasteiger partial charge in [0.05, 0.1) is 11.1 Å². The first-order valence-corrected chi connectivity index (χ1v) is 5.30. The molecule has 1 aliphatic heterocycles. The molecular weight excluding hydrogens is 242 g/mol. The number of carbonyl (C=O) groups is 3. The Bertz CT molecular complexity index is 501. The Hall–Kier alpha value is -1.94. The molecule has 0 saturated carbocycles. The van der Waals surface area contributed by atoms with Crippen LogP contribution in [-0.4, -0.2) is 28.5 Å². The number of amides is 2. The lowest BCUT2D eigenvalue weighted by Gasteiger charge is -2.09. The highest BCUT2D eigenvalue weighted by molar-refractivity contribution is 6.66. The highest BCUT2D eigenvalue weighted by Crippen LogP contribution is 2.21. The zero-order chi connectivity index (χ0) is 12.4. The molecule has 0 atom stereocenters. The van der Waals surface area contributed by atoms with Crippen LogP contribution in [0.1, 0.15) is 20.7 Å². The summed E-state index contributed by atoms with van der Waals surface area (Å²) >= 11 is 5.11. The standard InChI is InChI=1S/C12H8ClNO3/c13-10(15)6-3-7-14-11(16)8-4-1-2-5-9(8)12(14)17/h1-6H,7H2/b6-3+. The van der Waals surface area contributed by atoms with Crippen LogP contribution >= 0.6 is 11.6 Å². The average Bonchev–Trinajstić information content (AvgIpc) is 2.54. The fraction of sp³-hybridized carbons (Fsp3) is 0.0833. The Balaban J connectivity index is 2.22. The van der Waals surface area contributed by atoms with Gasteiger partial charge < -0.3 is 0 Å². The molecule has 2 rings (SSSR count). The highest BCUT2D eigenvalue weighted by atomic mass is 35.5. The largest absolute Gasteiger partial charge is 0.276 e. The van der Waals surface area contributed by atoms with E-state index in [1.165, 1.54) is 6.08 Å². The van der Waals surface area contributed by atoms with E-state index in [1.807, 2.05) is 0 Å². The van der Waals surface area contributed by atoms with Crippen LogP contribution in [0.4, 0.5) is 0 Å². The Morgan fingerprint density at radius 1 is 1.18 bits per heavy atom. The number of imide groups is 1. The molecular formula is C12H8ClNO3. The van der Waals surface area contributed by atoms with Crippen molar-refractivity contribution in [1.29, 1.82) is 0 Å². The summed E-state index contributed by atoms with van der Waals surface area (Å²) in [5, 5.41) is -0.637. The number of hydrogen-bond acceptors (Lipinski definition) is 3. The van der Waals surface area contributed by atoms with Gasteiger partial charge in [0.15, 0.2) is 0 Å². The minimum atomic E-state index is -0.637. The van der Waals surface area contributed by atoms with Crippen molar-refractivity contribution in [3.63, 3.8) is 0 Å². The first-order chi connectivity index (χ1) is 8.11. The lowest BCUT2D eigenvalue weighted by atomic mass is 10.1. The van der Waals surface area contributed by atoms with E-state index >= 15 is 0 Å². The first kappa shape index (κ1) is 11.5. The topological polar surface area (TPSA) is 54.5 Å². The summed E-state index contributed by atoms with van der Waals surface area (Å²) in [4.78, 5) is 35.2. The molecule has 1 heterocycles. The number of halogens is 1. The molecule has 0 bridgehead atoms. The molecule has 0 saturated heterocycles. The summed E-state index contributed by atoms with van der Waals surface area (Å²) in [6.07, 6.45) is 2.50. The van der Waals surface area contributed by atoms with Gasteiger partial charge in [-0.05, 0) is 29.8 Å². The monoisotopic (exact) mass is 249 g/mol. The van der Waals surface area contributed by atoms with Gasteiger partial charge in [-0.1, -0.05) is 18.2 Å². The van der Waals surface area contributed by atoms with Gasteiger partial charge in [-0.15, -0.1) is 0 Å². The van der Waals surface area contributed by atoms with Crippen LogP contribution in [0.5, 0.6) is 0 Å². The molecule has 4 nitrogen and oxygen atoms in total. The molecule has 0 aliphatic carbocycles. The van der Waals surface area contributed by atoms with Crippen molar-refractivity contribution < 1.29 is 14.4 Å². The molecule has 1 aromatic carbocycles. The summed E-state index contributed by atoms with van der Waals surface area (Å²) < 4.78 is 0. The van der Waals surface area contributed by atoms with E-state index in [9.17, 15) is 14.4 Å². The van der Waals surface area contributed by atoms with Crippen molar-refractivity contribution in [1.82, 2.24) is 4.90 Å². The van der Waals surface area contributed by atoms with Gasteiger partial charge in [-0.25, -0.2) is 0 Å². The third kappa shape index (κ3) is 2.12. The predicted octanol–water partition coefficient (Wildman–Crippen LogP) is 1.60. The van der Waals surface area contributed by atoms with Crippen molar-refractivity contribution in [2.24, 2.45) is 0 Å². The van der Waals surface area contributed by atoms with Crippen molar-refractivity contribution in [2.75, 3.05) is 6.54 Å². The number of carbonyl (C=O) groups excluding carboxylic acids is 3. The SMILES string of the molecule is O=C(Cl)/C=C/CN1C(=O)c2ccccc2C1=O. The van der Waals surface area contributed by atoms with Crippen LogP contribution in [0, 0.1) is 0 Å². The molecule has 1 aliphatic rings. The van der Waals surface area contributed by atoms with Gasteiger partial charge in [0, 0.05) is 6.54 Å². The summed E-state index contributed by atoms with van der Waals surface area (Å²) in [7, 11) is 0. The molecule has 1 aromatic rings. The zero-order valence-electron chi connectivity index (χ0n) is 8.72. The second-order valence-corrected chi connectivity index (χ2v) is 3.85. The normalized spacial score (nSPS) is 14.5. The smallest absolute Gasteiger partial charge is 0.261 e. The van der Waals surface area contributed by atoms with Gasteiger partial charge in [0.1, 0.15) is 0 Å². The van der Waals surface area contributed by atoms with E-state index in [-0.39, 0.29) is 18.4 Å². The fourth-order valence-electron chi connectivity index (χ4n) is 1.66. The van der Waals surface area contributed by atoms with Crippen LogP contribution in [0.15, 0.2) is 36.4 Å². The molecule has 0 radical (unpaired) electrons. The second-order valence-electron chi connectivity index (χ2n) is 3.47. The number of benzene rings is 1. The quantitative estimate of drug-likeness (QED) is 0.465. The van der Waals surface area contributed by atoms with Gasteiger partial charge in [0.2, 0.25) is 5.24 Å². The number of hydrogen-bond donors (Lipinski definition) is 0. The maximum absolute atomic E-state index is 11.8. The molecule has 86 valence electrons. The van der Waals surface area contributed by atoms with Crippen LogP contribution in [-0.2, 0) is 4.79 Å². The van der Waals surface area contributed by atoms with Crippen LogP contribution < -0.4 is 0 Å². The summed E-state index contributed by atoms with van der Waals surface area (Å²) in [6, 6.07) is 6.61. The minimum absolute atomic E-state index is 0.0464. The van der Waals surface area contributed by atoms with E-state index in [0.29, 0.717) is 11.1 Å². The minimum Gasteiger partial charge on any atom is -0.276 e. The van der Waals surface area contributed by atoms with Crippen molar-refractivity contribution in [3.8, 4) is 0 Å². The number of allylic oxidation sites excluding steroid dienone is 1. The molecule has 0 unspecified atom stereocenters.